The van der Waals surface area contributed by atoms with Gasteiger partial charge in [0, 0.05) is 12.0 Å². The number of hydrogen-bond donors (Lipinski definition) is 0. The summed E-state index contributed by atoms with van der Waals surface area (Å²) in [5.41, 5.74) is 3.36. The molecule has 2 aromatic carbocycles. The second-order valence-corrected chi connectivity index (χ2v) is 3.96. The van der Waals surface area contributed by atoms with Crippen molar-refractivity contribution in [1.82, 2.24) is 0 Å². The van der Waals surface area contributed by atoms with Crippen LogP contribution in [0.4, 0.5) is 0 Å². The summed E-state index contributed by atoms with van der Waals surface area (Å²) in [5, 5.41) is 0. The summed E-state index contributed by atoms with van der Waals surface area (Å²) < 4.78 is 0. The maximum atomic E-state index is 11.7. The van der Waals surface area contributed by atoms with E-state index in [0.717, 1.165) is 5.56 Å². The number of hydrogen-bond acceptors (Lipinski definition) is 1. The molecule has 0 saturated heterocycles. The lowest BCUT2D eigenvalue weighted by atomic mass is 10.0. The average molecular weight is 210 g/mol. The Morgan fingerprint density at radius 1 is 0.875 bits per heavy atom. The third kappa shape index (κ3) is 2.57. The number of aryl methyl sites for hydroxylation is 1. The minimum absolute atomic E-state index is 0.102. The summed E-state index contributed by atoms with van der Waals surface area (Å²) in [6, 6.07) is 17.4. The van der Waals surface area contributed by atoms with Gasteiger partial charge in [-0.05, 0) is 18.6 Å². The van der Waals surface area contributed by atoms with Gasteiger partial charge in [-0.1, -0.05) is 54.1 Å². The standard InChI is InChI=1S/C15H14O/c1-12-7-9-13(10-8-12)11-14-5-3-2-4-6-15(14)16/h2-10H,11H2,1H3. The zero-order valence-corrected chi connectivity index (χ0v) is 9.31. The number of rotatable bonds is 2. The van der Waals surface area contributed by atoms with E-state index in [9.17, 15) is 4.79 Å². The lowest BCUT2D eigenvalue weighted by Gasteiger charge is -1.99. The zero-order valence-electron chi connectivity index (χ0n) is 9.31. The van der Waals surface area contributed by atoms with Gasteiger partial charge in [0.15, 0.2) is 5.43 Å². The van der Waals surface area contributed by atoms with E-state index in [1.54, 1.807) is 12.1 Å². The van der Waals surface area contributed by atoms with Gasteiger partial charge in [0.25, 0.3) is 0 Å². The van der Waals surface area contributed by atoms with Crippen molar-refractivity contribution in [2.45, 2.75) is 13.3 Å². The predicted octanol–water partition coefficient (Wildman–Crippen LogP) is 2.95. The Labute approximate surface area is 95.4 Å². The topological polar surface area (TPSA) is 17.1 Å². The van der Waals surface area contributed by atoms with Crippen LogP contribution in [0.3, 0.4) is 0 Å². The minimum atomic E-state index is 0.102. The lowest BCUT2D eigenvalue weighted by Crippen LogP contribution is -2.04. The molecule has 0 amide bonds. The molecule has 0 saturated carbocycles. The molecule has 2 rings (SSSR count). The Hall–Kier alpha value is -1.89. The second-order valence-electron chi connectivity index (χ2n) is 3.96. The van der Waals surface area contributed by atoms with Crippen LogP contribution < -0.4 is 5.43 Å². The van der Waals surface area contributed by atoms with Crippen molar-refractivity contribution in [1.29, 1.82) is 0 Å². The second kappa shape index (κ2) is 4.75. The molecule has 0 fully saturated rings. The van der Waals surface area contributed by atoms with Crippen molar-refractivity contribution in [3.63, 3.8) is 0 Å². The van der Waals surface area contributed by atoms with Crippen molar-refractivity contribution in [2.24, 2.45) is 0 Å². The quantitative estimate of drug-likeness (QED) is 0.744. The SMILES string of the molecule is Cc1ccc(Cc2cccccc2=O)cc1. The van der Waals surface area contributed by atoms with E-state index in [2.05, 4.69) is 31.2 Å². The van der Waals surface area contributed by atoms with Crippen molar-refractivity contribution in [2.75, 3.05) is 0 Å². The molecular weight excluding hydrogens is 196 g/mol. The van der Waals surface area contributed by atoms with Crippen LogP contribution >= 0.6 is 0 Å². The van der Waals surface area contributed by atoms with Crippen LogP contribution in [0.5, 0.6) is 0 Å². The average Bonchev–Trinajstić information content (AvgIpc) is 2.48. The van der Waals surface area contributed by atoms with Gasteiger partial charge in [0.05, 0.1) is 0 Å². The molecule has 0 atom stereocenters. The highest BCUT2D eigenvalue weighted by molar-refractivity contribution is 5.27. The summed E-state index contributed by atoms with van der Waals surface area (Å²) >= 11 is 0. The maximum Gasteiger partial charge on any atom is 0.182 e. The molecule has 0 spiro atoms. The van der Waals surface area contributed by atoms with Crippen LogP contribution in [0.1, 0.15) is 16.7 Å². The van der Waals surface area contributed by atoms with E-state index in [1.165, 1.54) is 11.1 Å². The fourth-order valence-corrected chi connectivity index (χ4v) is 1.64. The molecule has 2 aromatic rings. The molecule has 0 aliphatic rings. The van der Waals surface area contributed by atoms with Gasteiger partial charge in [0.2, 0.25) is 0 Å². The lowest BCUT2D eigenvalue weighted by molar-refractivity contribution is 1.17. The molecule has 80 valence electrons. The van der Waals surface area contributed by atoms with Gasteiger partial charge in [-0.15, -0.1) is 0 Å². The Morgan fingerprint density at radius 2 is 1.56 bits per heavy atom. The van der Waals surface area contributed by atoms with Crippen molar-refractivity contribution in [3.05, 3.63) is 81.5 Å². The number of benzene rings is 1. The van der Waals surface area contributed by atoms with Crippen LogP contribution in [0, 0.1) is 6.92 Å². The highest BCUT2D eigenvalue weighted by atomic mass is 16.1. The third-order valence-electron chi connectivity index (χ3n) is 2.60. The molecule has 0 unspecified atom stereocenters. The first-order valence-electron chi connectivity index (χ1n) is 5.39. The Kier molecular flexibility index (Phi) is 3.16. The fraction of sp³-hybridized carbons (Fsp3) is 0.133. The van der Waals surface area contributed by atoms with Crippen LogP contribution in [0.25, 0.3) is 0 Å². The summed E-state index contributed by atoms with van der Waals surface area (Å²) in [6.07, 6.45) is 0.702. The normalized spacial score (nSPS) is 10.1. The summed E-state index contributed by atoms with van der Waals surface area (Å²) in [7, 11) is 0. The molecule has 1 nitrogen and oxygen atoms in total. The Bertz CT molecular complexity index is 526. The molecular formula is C15H14O. The first-order chi connectivity index (χ1) is 7.75. The Balaban J connectivity index is 2.31. The third-order valence-corrected chi connectivity index (χ3v) is 2.60. The molecule has 16 heavy (non-hydrogen) atoms. The Morgan fingerprint density at radius 3 is 2.31 bits per heavy atom. The van der Waals surface area contributed by atoms with Gasteiger partial charge in [0.1, 0.15) is 0 Å². The highest BCUT2D eigenvalue weighted by Gasteiger charge is 1.98. The van der Waals surface area contributed by atoms with Crippen LogP contribution in [0.2, 0.25) is 0 Å². The van der Waals surface area contributed by atoms with Gasteiger partial charge < -0.3 is 0 Å². The van der Waals surface area contributed by atoms with E-state index in [1.807, 2.05) is 18.2 Å². The summed E-state index contributed by atoms with van der Waals surface area (Å²) in [6.45, 7) is 2.06. The van der Waals surface area contributed by atoms with Crippen molar-refractivity contribution >= 4 is 0 Å². The zero-order chi connectivity index (χ0) is 11.4. The van der Waals surface area contributed by atoms with Crippen LogP contribution in [-0.2, 0) is 6.42 Å². The monoisotopic (exact) mass is 210 g/mol. The minimum Gasteiger partial charge on any atom is -0.290 e. The van der Waals surface area contributed by atoms with E-state index < -0.39 is 0 Å². The first kappa shape index (κ1) is 10.6. The van der Waals surface area contributed by atoms with Gasteiger partial charge in [-0.2, -0.15) is 0 Å². The molecule has 0 bridgehead atoms. The molecule has 0 aromatic heterocycles. The van der Waals surface area contributed by atoms with Crippen LogP contribution in [-0.4, -0.2) is 0 Å². The van der Waals surface area contributed by atoms with E-state index in [-0.39, 0.29) is 5.43 Å². The van der Waals surface area contributed by atoms with Gasteiger partial charge in [-0.25, -0.2) is 0 Å². The molecule has 1 heteroatoms. The van der Waals surface area contributed by atoms with E-state index in [4.69, 9.17) is 0 Å². The van der Waals surface area contributed by atoms with E-state index in [0.29, 0.717) is 6.42 Å². The van der Waals surface area contributed by atoms with Crippen LogP contribution in [0.15, 0.2) is 59.4 Å². The van der Waals surface area contributed by atoms with Crippen molar-refractivity contribution < 1.29 is 0 Å². The smallest absolute Gasteiger partial charge is 0.182 e. The summed E-state index contributed by atoms with van der Waals surface area (Å²) in [5.74, 6) is 0. The highest BCUT2D eigenvalue weighted by Crippen LogP contribution is 2.07. The summed E-state index contributed by atoms with van der Waals surface area (Å²) in [4.78, 5) is 11.7. The molecule has 0 radical (unpaired) electrons. The predicted molar refractivity (Wildman–Crippen MR) is 66.7 cm³/mol. The first-order valence-corrected chi connectivity index (χ1v) is 5.39. The van der Waals surface area contributed by atoms with Gasteiger partial charge >= 0.3 is 0 Å². The molecule has 0 N–H and O–H groups in total. The largest absolute Gasteiger partial charge is 0.290 e. The van der Waals surface area contributed by atoms with E-state index >= 15 is 0 Å². The maximum absolute atomic E-state index is 11.7. The fourth-order valence-electron chi connectivity index (χ4n) is 1.64. The molecule has 0 aliphatic carbocycles. The van der Waals surface area contributed by atoms with Gasteiger partial charge in [-0.3, -0.25) is 4.79 Å². The molecule has 0 heterocycles. The van der Waals surface area contributed by atoms with Crippen molar-refractivity contribution in [3.8, 4) is 0 Å². The molecule has 0 aliphatic heterocycles.